The van der Waals surface area contributed by atoms with Crippen LogP contribution in [0.5, 0.6) is 0 Å². The van der Waals surface area contributed by atoms with E-state index in [4.69, 9.17) is 11.6 Å². The predicted molar refractivity (Wildman–Crippen MR) is 77.4 cm³/mol. The summed E-state index contributed by atoms with van der Waals surface area (Å²) in [5.74, 6) is 0.715. The molecular weight excluding hydrogens is 312 g/mol. The number of hydrogen-bond acceptors (Lipinski definition) is 1. The number of aromatic nitrogens is 2. The second kappa shape index (κ2) is 5.06. The summed E-state index contributed by atoms with van der Waals surface area (Å²) in [6.45, 7) is 0.829. The van der Waals surface area contributed by atoms with Crippen LogP contribution in [0.1, 0.15) is 35.6 Å². The van der Waals surface area contributed by atoms with Crippen LogP contribution in [0.15, 0.2) is 30.5 Å². The molecule has 1 aromatic carbocycles. The van der Waals surface area contributed by atoms with Gasteiger partial charge in [-0.1, -0.05) is 39.7 Å². The Labute approximate surface area is 120 Å². The number of benzene rings is 1. The van der Waals surface area contributed by atoms with E-state index in [1.54, 1.807) is 0 Å². The molecule has 0 saturated heterocycles. The highest BCUT2D eigenvalue weighted by Crippen LogP contribution is 2.42. The van der Waals surface area contributed by atoms with Crippen molar-refractivity contribution in [3.8, 4) is 0 Å². The van der Waals surface area contributed by atoms with Crippen LogP contribution in [0.3, 0.4) is 0 Å². The minimum absolute atomic E-state index is 0.715. The topological polar surface area (TPSA) is 17.8 Å². The summed E-state index contributed by atoms with van der Waals surface area (Å²) in [6.07, 6.45) is 4.58. The number of alkyl halides is 1. The fraction of sp³-hybridized carbons (Fsp3) is 0.357. The molecule has 1 aliphatic rings. The van der Waals surface area contributed by atoms with E-state index in [0.29, 0.717) is 5.92 Å². The molecule has 0 bridgehead atoms. The Hall–Kier alpha value is -0.800. The monoisotopic (exact) mass is 324 g/mol. The first-order chi connectivity index (χ1) is 8.78. The van der Waals surface area contributed by atoms with Gasteiger partial charge in [0.25, 0.3) is 0 Å². The zero-order valence-corrected chi connectivity index (χ0v) is 12.3. The molecule has 1 heterocycles. The molecular formula is C14H14BrClN2. The summed E-state index contributed by atoms with van der Waals surface area (Å²) >= 11 is 9.45. The molecule has 94 valence electrons. The smallest absolute Gasteiger partial charge is 0.0662 e. The van der Waals surface area contributed by atoms with Crippen LogP contribution in [-0.2, 0) is 11.9 Å². The largest absolute Gasteiger partial charge is 0.265 e. The molecule has 2 aromatic rings. The van der Waals surface area contributed by atoms with E-state index in [1.165, 1.54) is 29.7 Å². The van der Waals surface area contributed by atoms with E-state index in [1.807, 2.05) is 18.3 Å². The summed E-state index contributed by atoms with van der Waals surface area (Å²) in [6, 6.07) is 7.99. The van der Waals surface area contributed by atoms with Crippen molar-refractivity contribution in [1.82, 2.24) is 9.78 Å². The molecule has 0 aliphatic heterocycles. The number of halogens is 2. The van der Waals surface area contributed by atoms with Crippen LogP contribution in [0.4, 0.5) is 0 Å². The SMILES string of the molecule is Clc1ccc(Cn2ncc(CBr)c2C2CC2)cc1. The Morgan fingerprint density at radius 2 is 2.00 bits per heavy atom. The van der Waals surface area contributed by atoms with Crippen LogP contribution in [0, 0.1) is 0 Å². The zero-order chi connectivity index (χ0) is 12.5. The molecule has 1 aromatic heterocycles. The predicted octanol–water partition coefficient (Wildman–Crippen LogP) is 4.36. The molecule has 4 heteroatoms. The molecule has 2 nitrogen and oxygen atoms in total. The van der Waals surface area contributed by atoms with Gasteiger partial charge in [-0.2, -0.15) is 5.10 Å². The van der Waals surface area contributed by atoms with Gasteiger partial charge in [-0.05, 0) is 30.5 Å². The van der Waals surface area contributed by atoms with E-state index >= 15 is 0 Å². The van der Waals surface area contributed by atoms with Crippen molar-refractivity contribution in [2.45, 2.75) is 30.6 Å². The standard InChI is InChI=1S/C14H14BrClN2/c15-7-12-8-17-18(14(12)11-3-4-11)9-10-1-5-13(16)6-2-10/h1-2,5-6,8,11H,3-4,7,9H2. The quantitative estimate of drug-likeness (QED) is 0.764. The lowest BCUT2D eigenvalue weighted by Crippen LogP contribution is -2.06. The van der Waals surface area contributed by atoms with Crippen molar-refractivity contribution < 1.29 is 0 Å². The van der Waals surface area contributed by atoms with Gasteiger partial charge in [0.05, 0.1) is 12.7 Å². The Bertz CT molecular complexity index is 543. The summed E-state index contributed by atoms with van der Waals surface area (Å²) in [5, 5.41) is 6.19. The Morgan fingerprint density at radius 1 is 1.28 bits per heavy atom. The maximum absolute atomic E-state index is 5.90. The van der Waals surface area contributed by atoms with Crippen molar-refractivity contribution in [3.05, 3.63) is 52.3 Å². The Morgan fingerprint density at radius 3 is 2.61 bits per heavy atom. The average Bonchev–Trinajstić information content (AvgIpc) is 3.14. The fourth-order valence-corrected chi connectivity index (χ4v) is 2.81. The van der Waals surface area contributed by atoms with E-state index < -0.39 is 0 Å². The van der Waals surface area contributed by atoms with E-state index in [-0.39, 0.29) is 0 Å². The lowest BCUT2D eigenvalue weighted by Gasteiger charge is -2.08. The van der Waals surface area contributed by atoms with Crippen LogP contribution >= 0.6 is 27.5 Å². The highest BCUT2D eigenvalue weighted by molar-refractivity contribution is 9.08. The molecule has 0 spiro atoms. The Kier molecular flexibility index (Phi) is 3.44. The van der Waals surface area contributed by atoms with E-state index in [2.05, 4.69) is 37.8 Å². The van der Waals surface area contributed by atoms with Gasteiger partial charge in [0.15, 0.2) is 0 Å². The third-order valence-electron chi connectivity index (χ3n) is 3.31. The minimum atomic E-state index is 0.715. The molecule has 0 N–H and O–H groups in total. The first-order valence-electron chi connectivity index (χ1n) is 6.13. The van der Waals surface area contributed by atoms with Crippen LogP contribution in [0.2, 0.25) is 5.02 Å². The number of nitrogens with zero attached hydrogens (tertiary/aromatic N) is 2. The summed E-state index contributed by atoms with van der Waals surface area (Å²) < 4.78 is 2.14. The molecule has 1 fully saturated rings. The van der Waals surface area contributed by atoms with Crippen LogP contribution < -0.4 is 0 Å². The maximum Gasteiger partial charge on any atom is 0.0662 e. The van der Waals surface area contributed by atoms with Gasteiger partial charge in [0, 0.05) is 27.5 Å². The highest BCUT2D eigenvalue weighted by atomic mass is 79.9. The molecule has 18 heavy (non-hydrogen) atoms. The maximum atomic E-state index is 5.90. The highest BCUT2D eigenvalue weighted by Gasteiger charge is 2.29. The van der Waals surface area contributed by atoms with Crippen molar-refractivity contribution in [3.63, 3.8) is 0 Å². The molecule has 3 rings (SSSR count). The van der Waals surface area contributed by atoms with Gasteiger partial charge in [-0.25, -0.2) is 0 Å². The van der Waals surface area contributed by atoms with Crippen molar-refractivity contribution >= 4 is 27.5 Å². The third-order valence-corrected chi connectivity index (χ3v) is 4.17. The molecule has 0 unspecified atom stereocenters. The van der Waals surface area contributed by atoms with Gasteiger partial charge < -0.3 is 0 Å². The third kappa shape index (κ3) is 2.47. The first kappa shape index (κ1) is 12.2. The van der Waals surface area contributed by atoms with Crippen LogP contribution in [0.25, 0.3) is 0 Å². The van der Waals surface area contributed by atoms with Gasteiger partial charge in [-0.3, -0.25) is 4.68 Å². The molecule has 0 radical (unpaired) electrons. The van der Waals surface area contributed by atoms with Gasteiger partial charge in [0.2, 0.25) is 0 Å². The summed E-state index contributed by atoms with van der Waals surface area (Å²) in [4.78, 5) is 0. The minimum Gasteiger partial charge on any atom is -0.265 e. The second-order valence-corrected chi connectivity index (χ2v) is 5.74. The van der Waals surface area contributed by atoms with Crippen LogP contribution in [-0.4, -0.2) is 9.78 Å². The van der Waals surface area contributed by atoms with E-state index in [0.717, 1.165) is 16.9 Å². The normalized spacial score (nSPS) is 15.0. The van der Waals surface area contributed by atoms with E-state index in [9.17, 15) is 0 Å². The average molecular weight is 326 g/mol. The first-order valence-corrected chi connectivity index (χ1v) is 7.63. The second-order valence-electron chi connectivity index (χ2n) is 4.75. The van der Waals surface area contributed by atoms with Crippen molar-refractivity contribution in [2.24, 2.45) is 0 Å². The molecule has 1 saturated carbocycles. The van der Waals surface area contributed by atoms with Crippen molar-refractivity contribution in [1.29, 1.82) is 0 Å². The number of hydrogen-bond donors (Lipinski definition) is 0. The molecule has 1 aliphatic carbocycles. The Balaban J connectivity index is 1.88. The van der Waals surface area contributed by atoms with Gasteiger partial charge in [0.1, 0.15) is 0 Å². The van der Waals surface area contributed by atoms with Gasteiger partial charge >= 0.3 is 0 Å². The van der Waals surface area contributed by atoms with Crippen molar-refractivity contribution in [2.75, 3.05) is 0 Å². The van der Waals surface area contributed by atoms with Gasteiger partial charge in [-0.15, -0.1) is 0 Å². The molecule has 0 atom stereocenters. The zero-order valence-electron chi connectivity index (χ0n) is 9.94. The summed E-state index contributed by atoms with van der Waals surface area (Å²) in [5.41, 5.74) is 3.97. The lowest BCUT2D eigenvalue weighted by atomic mass is 10.2. The number of rotatable bonds is 4. The fourth-order valence-electron chi connectivity index (χ4n) is 2.25. The lowest BCUT2D eigenvalue weighted by molar-refractivity contribution is 0.645. The summed E-state index contributed by atoms with van der Waals surface area (Å²) in [7, 11) is 0. The molecule has 0 amide bonds.